The molecule has 0 saturated heterocycles. The van der Waals surface area contributed by atoms with Gasteiger partial charge in [-0.25, -0.2) is 4.98 Å². The summed E-state index contributed by atoms with van der Waals surface area (Å²) < 4.78 is 35.9. The average molecular weight is 818 g/mol. The molecule has 63 heavy (non-hydrogen) atoms. The minimum absolute atomic E-state index is 0.0216. The van der Waals surface area contributed by atoms with E-state index in [1.54, 1.807) is 0 Å². The molecule has 8 aromatic carbocycles. The predicted octanol–water partition coefficient (Wildman–Crippen LogP) is 15.5. The van der Waals surface area contributed by atoms with E-state index in [4.69, 9.17) is 7.48 Å². The minimum atomic E-state index is -0.558. The van der Waals surface area contributed by atoms with Crippen LogP contribution in [-0.4, -0.2) is 16.2 Å². The van der Waals surface area contributed by atoms with Gasteiger partial charge in [-0.15, -0.1) is 0 Å². The van der Waals surface area contributed by atoms with E-state index in [0.29, 0.717) is 29.5 Å². The molecule has 1 aliphatic heterocycles. The fourth-order valence-electron chi connectivity index (χ4n) is 8.90. The first-order valence-corrected chi connectivity index (χ1v) is 21.4. The van der Waals surface area contributed by atoms with Crippen molar-refractivity contribution < 1.29 is 8.85 Å². The monoisotopic (exact) mass is 817 g/mol. The Kier molecular flexibility index (Phi) is 8.58. The highest BCUT2D eigenvalue weighted by Gasteiger charge is 2.31. The van der Waals surface area contributed by atoms with Gasteiger partial charge in [0.25, 0.3) is 0 Å². The lowest BCUT2D eigenvalue weighted by molar-refractivity contribution is 0.483. The van der Waals surface area contributed by atoms with Crippen molar-refractivity contribution in [3.8, 4) is 50.7 Å². The van der Waals surface area contributed by atoms with Crippen LogP contribution in [0.2, 0.25) is 0 Å². The Morgan fingerprint density at radius 3 is 1.76 bits per heavy atom. The molecule has 0 bridgehead atoms. The van der Waals surface area contributed by atoms with E-state index in [9.17, 15) is 1.37 Å². The Bertz CT molecular complexity index is 3400. The summed E-state index contributed by atoms with van der Waals surface area (Å²) >= 11 is 0. The Hall–Kier alpha value is -7.89. The molecule has 0 unspecified atom stereocenters. The zero-order valence-corrected chi connectivity index (χ0v) is 35.4. The molecular weight excluding hydrogens is 769 g/mol. The number of aromatic nitrogens is 2. The van der Waals surface area contributed by atoms with Gasteiger partial charge in [0.05, 0.1) is 32.2 Å². The van der Waals surface area contributed by atoms with E-state index in [2.05, 4.69) is 166 Å². The first-order valence-electron chi connectivity index (χ1n) is 22.9. The van der Waals surface area contributed by atoms with Gasteiger partial charge < -0.3 is 14.5 Å². The van der Waals surface area contributed by atoms with E-state index in [1.165, 1.54) is 0 Å². The van der Waals surface area contributed by atoms with Crippen molar-refractivity contribution in [1.29, 1.82) is 0 Å². The van der Waals surface area contributed by atoms with Gasteiger partial charge in [-0.3, -0.25) is 4.57 Å². The van der Waals surface area contributed by atoms with Crippen molar-refractivity contribution >= 4 is 44.6 Å². The van der Waals surface area contributed by atoms with E-state index in [-0.39, 0.29) is 18.3 Å². The van der Waals surface area contributed by atoms with Crippen LogP contribution in [0.5, 0.6) is 11.5 Å². The number of benzene rings is 8. The maximum Gasteiger partial charge on any atom is 0.137 e. The van der Waals surface area contributed by atoms with Crippen LogP contribution < -0.4 is 14.5 Å². The molecule has 0 amide bonds. The first-order chi connectivity index (χ1) is 32.1. The quantitative estimate of drug-likeness (QED) is 0.153. The maximum atomic E-state index is 9.53. The minimum Gasteiger partial charge on any atom is -0.457 e. The number of para-hydroxylation sites is 3. The molecule has 0 saturated carbocycles. The number of hydrogen-bond donors (Lipinski definition) is 0. The molecule has 10 aromatic rings. The van der Waals surface area contributed by atoms with Crippen LogP contribution in [0.1, 0.15) is 30.4 Å². The summed E-state index contributed by atoms with van der Waals surface area (Å²) in [5.74, 6) is 1.60. The predicted molar refractivity (Wildman–Crippen MR) is 262 cm³/mol. The molecule has 0 spiro atoms. The number of hydrogen-bond acceptors (Lipinski definition) is 4. The third-order valence-electron chi connectivity index (χ3n) is 12.0. The Morgan fingerprint density at radius 2 is 1.10 bits per heavy atom. The summed E-state index contributed by atoms with van der Waals surface area (Å²) in [7, 11) is 0. The lowest BCUT2D eigenvalue weighted by atomic mass is 9.88. The molecule has 0 atom stereocenters. The number of pyridine rings is 1. The Morgan fingerprint density at radius 1 is 0.524 bits per heavy atom. The van der Waals surface area contributed by atoms with Crippen molar-refractivity contribution in [2.24, 2.45) is 0 Å². The molecule has 5 nitrogen and oxygen atoms in total. The largest absolute Gasteiger partial charge is 0.457 e. The number of ether oxygens (including phenoxy) is 1. The fraction of sp³-hybridized carbons (Fsp3) is 0.0862. The second kappa shape index (κ2) is 15.5. The van der Waals surface area contributed by atoms with Crippen LogP contribution in [0.4, 0.5) is 22.7 Å². The number of nitrogens with zero attached hydrogens (tertiary/aromatic N) is 4. The van der Waals surface area contributed by atoms with E-state index >= 15 is 0 Å². The van der Waals surface area contributed by atoms with Crippen molar-refractivity contribution in [1.82, 2.24) is 9.55 Å². The van der Waals surface area contributed by atoms with Crippen LogP contribution in [0.3, 0.4) is 0 Å². The fourth-order valence-corrected chi connectivity index (χ4v) is 8.90. The summed E-state index contributed by atoms with van der Waals surface area (Å²) in [5.41, 5.74) is 12.6. The first kappa shape index (κ1) is 34.8. The smallest absolute Gasteiger partial charge is 0.137 e. The number of anilines is 4. The SMILES string of the molecule is [2H]c1nc(-n2c3cc(Oc4cccc(N5CN(c6c(-c7ccccc7)cccc6-c6ccccc6)c6ccccc65)c4)ccc3c3ccc(-c4ccccc4)cc32)c([2H])c(C(C)(C)C)c1[2H]. The maximum absolute atomic E-state index is 9.53. The van der Waals surface area contributed by atoms with E-state index in [1.807, 2.05) is 67.8 Å². The van der Waals surface area contributed by atoms with E-state index in [0.717, 1.165) is 77.9 Å². The van der Waals surface area contributed by atoms with Crippen molar-refractivity contribution in [2.75, 3.05) is 16.5 Å². The molecule has 3 heterocycles. The molecular formula is C58H46N4O. The van der Waals surface area contributed by atoms with E-state index < -0.39 is 5.41 Å². The lowest BCUT2D eigenvalue weighted by Gasteiger charge is -2.27. The zero-order valence-electron chi connectivity index (χ0n) is 38.4. The number of rotatable bonds is 8. The standard InChI is InChI=1S/C58H46N4O/c1-58(2,3)44-33-34-59-56(36-44)62-54-35-43(40-17-7-4-8-18-40)29-31-50(54)51-32-30-47(38-55(51)62)63-46-24-15-23-45(37-46)60-39-61(53-28-14-13-27-52(53)60)57-48(41-19-9-5-10-20-41)25-16-26-49(57)42-21-11-6-12-22-42/h4-38H,39H2,1-3H3/i33D,34D,36D. The second-order valence-electron chi connectivity index (χ2n) is 17.1. The van der Waals surface area contributed by atoms with Crippen molar-refractivity contribution in [2.45, 2.75) is 26.2 Å². The topological polar surface area (TPSA) is 33.5 Å². The van der Waals surface area contributed by atoms with Gasteiger partial charge in [-0.2, -0.15) is 0 Å². The number of fused-ring (bicyclic) bond motifs is 4. The van der Waals surface area contributed by atoms with Gasteiger partial charge in [0.15, 0.2) is 0 Å². The summed E-state index contributed by atoms with van der Waals surface area (Å²) in [6, 6.07) is 67.4. The van der Waals surface area contributed by atoms with Gasteiger partial charge >= 0.3 is 0 Å². The van der Waals surface area contributed by atoms with Crippen LogP contribution in [-0.2, 0) is 5.41 Å². The molecule has 0 N–H and O–H groups in total. The molecule has 0 radical (unpaired) electrons. The molecule has 5 heteroatoms. The van der Waals surface area contributed by atoms with Crippen molar-refractivity contribution in [3.05, 3.63) is 218 Å². The molecule has 11 rings (SSSR count). The summed E-state index contributed by atoms with van der Waals surface area (Å²) in [5, 5.41) is 1.95. The van der Waals surface area contributed by atoms with Crippen molar-refractivity contribution in [3.63, 3.8) is 0 Å². The highest BCUT2D eigenvalue weighted by atomic mass is 16.5. The van der Waals surface area contributed by atoms with Gasteiger partial charge in [-0.1, -0.05) is 160 Å². The summed E-state index contributed by atoms with van der Waals surface area (Å²) in [6.07, 6.45) is -0.161. The molecule has 1 aliphatic rings. The van der Waals surface area contributed by atoms with Crippen LogP contribution in [0, 0.1) is 0 Å². The third-order valence-corrected chi connectivity index (χ3v) is 12.0. The molecule has 0 fully saturated rings. The van der Waals surface area contributed by atoms with Crippen LogP contribution in [0.15, 0.2) is 212 Å². The second-order valence-corrected chi connectivity index (χ2v) is 17.1. The summed E-state index contributed by atoms with van der Waals surface area (Å²) in [6.45, 7) is 6.51. The van der Waals surface area contributed by atoms with Gasteiger partial charge in [0.2, 0.25) is 0 Å². The highest BCUT2D eigenvalue weighted by molar-refractivity contribution is 6.10. The Balaban J connectivity index is 1.01. The molecule has 304 valence electrons. The van der Waals surface area contributed by atoms with Crippen LogP contribution >= 0.6 is 0 Å². The lowest BCUT2D eigenvalue weighted by Crippen LogP contribution is -2.24. The van der Waals surface area contributed by atoms with Gasteiger partial charge in [0, 0.05) is 45.9 Å². The molecule has 2 aromatic heterocycles. The normalized spacial score (nSPS) is 13.2. The average Bonchev–Trinajstić information content (AvgIpc) is 3.88. The zero-order chi connectivity index (χ0) is 45.1. The third kappa shape index (κ3) is 6.98. The highest BCUT2D eigenvalue weighted by Crippen LogP contribution is 2.50. The van der Waals surface area contributed by atoms with Gasteiger partial charge in [-0.05, 0) is 87.8 Å². The summed E-state index contributed by atoms with van der Waals surface area (Å²) in [4.78, 5) is 9.43. The van der Waals surface area contributed by atoms with Gasteiger partial charge in [0.1, 0.15) is 24.0 Å². The molecule has 0 aliphatic carbocycles. The van der Waals surface area contributed by atoms with Crippen LogP contribution in [0.25, 0.3) is 61.0 Å². The Labute approximate surface area is 373 Å².